The first-order valence-electron chi connectivity index (χ1n) is 4.66. The van der Waals surface area contributed by atoms with Crippen LogP contribution in [0.5, 0.6) is 0 Å². The first-order chi connectivity index (χ1) is 6.44. The minimum absolute atomic E-state index is 0.190. The highest BCUT2D eigenvalue weighted by Crippen LogP contribution is 2.28. The second-order valence-corrected chi connectivity index (χ2v) is 4.95. The van der Waals surface area contributed by atoms with Crippen LogP contribution in [0.2, 0.25) is 0 Å². The van der Waals surface area contributed by atoms with Crippen molar-refractivity contribution in [2.24, 2.45) is 5.41 Å². The fourth-order valence-electron chi connectivity index (χ4n) is 1.50. The highest BCUT2D eigenvalue weighted by molar-refractivity contribution is 7.83. The van der Waals surface area contributed by atoms with Crippen molar-refractivity contribution < 1.29 is 8.76 Å². The van der Waals surface area contributed by atoms with E-state index in [4.69, 9.17) is 0 Å². The summed E-state index contributed by atoms with van der Waals surface area (Å²) in [4.78, 5) is 0.370. The molecule has 0 N–H and O–H groups in total. The van der Waals surface area contributed by atoms with E-state index in [2.05, 4.69) is 13.0 Å². The van der Waals surface area contributed by atoms with Crippen molar-refractivity contribution in [1.29, 1.82) is 0 Å². The minimum Gasteiger partial charge on any atom is -0.768 e. The highest BCUT2D eigenvalue weighted by atomic mass is 32.2. The average Bonchev–Trinajstić information content (AvgIpc) is 2.23. The van der Waals surface area contributed by atoms with Gasteiger partial charge in [0.15, 0.2) is 0 Å². The van der Waals surface area contributed by atoms with E-state index in [0.29, 0.717) is 4.91 Å². The Morgan fingerprint density at radius 1 is 1.36 bits per heavy atom. The molecule has 0 saturated heterocycles. The lowest BCUT2D eigenvalue weighted by Gasteiger charge is -2.17. The van der Waals surface area contributed by atoms with Crippen molar-refractivity contribution in [3.8, 4) is 0 Å². The van der Waals surface area contributed by atoms with Crippen LogP contribution in [0, 0.1) is 5.41 Å². The molecule has 78 valence electrons. The fourth-order valence-corrected chi connectivity index (χ4v) is 2.07. The van der Waals surface area contributed by atoms with Crippen molar-refractivity contribution in [3.63, 3.8) is 0 Å². The number of hydrogen-bond donors (Lipinski definition) is 0. The molecule has 14 heavy (non-hydrogen) atoms. The van der Waals surface area contributed by atoms with Crippen LogP contribution in [0.1, 0.15) is 27.2 Å². The molecular weight excluding hydrogens is 196 g/mol. The quantitative estimate of drug-likeness (QED) is 0.659. The summed E-state index contributed by atoms with van der Waals surface area (Å²) in [6, 6.07) is 0. The molecule has 1 aliphatic rings. The summed E-state index contributed by atoms with van der Waals surface area (Å²) in [5.41, 5.74) is 0.983. The van der Waals surface area contributed by atoms with Gasteiger partial charge in [-0.25, -0.2) is 0 Å². The largest absolute Gasteiger partial charge is 0.768 e. The van der Waals surface area contributed by atoms with Gasteiger partial charge in [-0.2, -0.15) is 0 Å². The van der Waals surface area contributed by atoms with Gasteiger partial charge in [0.1, 0.15) is 0 Å². The van der Waals surface area contributed by atoms with Crippen LogP contribution < -0.4 is 0 Å². The molecule has 0 aromatic rings. The van der Waals surface area contributed by atoms with Gasteiger partial charge in [0.05, 0.1) is 0 Å². The Kier molecular flexibility index (Phi) is 3.45. The van der Waals surface area contributed by atoms with E-state index in [9.17, 15) is 8.76 Å². The molecule has 1 unspecified atom stereocenters. The second-order valence-electron chi connectivity index (χ2n) is 4.01. The molecule has 3 heteroatoms. The summed E-state index contributed by atoms with van der Waals surface area (Å²) in [6.45, 7) is 6.07. The van der Waals surface area contributed by atoms with Crippen LogP contribution in [0.15, 0.2) is 34.8 Å². The Bertz CT molecular complexity index is 335. The van der Waals surface area contributed by atoms with Crippen molar-refractivity contribution in [3.05, 3.63) is 34.8 Å². The summed E-state index contributed by atoms with van der Waals surface area (Å²) >= 11 is -2.14. The molecule has 0 aliphatic heterocycles. The van der Waals surface area contributed by atoms with Crippen LogP contribution in [0.3, 0.4) is 0 Å². The Hall–Kier alpha value is -0.670. The highest BCUT2D eigenvalue weighted by Gasteiger charge is 2.15. The number of allylic oxidation sites excluding steroid dienone is 5. The van der Waals surface area contributed by atoms with Gasteiger partial charge in [-0.15, -0.1) is 0 Å². The van der Waals surface area contributed by atoms with Crippen molar-refractivity contribution >= 4 is 11.1 Å². The fraction of sp³-hybridized carbons (Fsp3) is 0.455. The second kappa shape index (κ2) is 4.24. The summed E-state index contributed by atoms with van der Waals surface area (Å²) in [5.74, 6) is 0. The third kappa shape index (κ3) is 2.93. The lowest BCUT2D eigenvalue weighted by molar-refractivity contribution is 0.542. The van der Waals surface area contributed by atoms with E-state index in [1.54, 1.807) is 12.2 Å². The van der Waals surface area contributed by atoms with Gasteiger partial charge in [0.25, 0.3) is 0 Å². The Balaban J connectivity index is 3.09. The summed E-state index contributed by atoms with van der Waals surface area (Å²) in [7, 11) is 0. The van der Waals surface area contributed by atoms with E-state index in [-0.39, 0.29) is 5.41 Å². The van der Waals surface area contributed by atoms with Crippen LogP contribution in [0.4, 0.5) is 0 Å². The topological polar surface area (TPSA) is 40.1 Å². The molecule has 0 aromatic heterocycles. The van der Waals surface area contributed by atoms with Gasteiger partial charge in [-0.05, 0) is 23.6 Å². The molecule has 0 aromatic carbocycles. The van der Waals surface area contributed by atoms with Gasteiger partial charge in [-0.1, -0.05) is 44.6 Å². The molecular formula is C11H15O2S-. The lowest BCUT2D eigenvalue weighted by atomic mass is 9.91. The first-order valence-corrected chi connectivity index (χ1v) is 5.74. The smallest absolute Gasteiger partial charge is 0.0217 e. The molecule has 0 radical (unpaired) electrons. The van der Waals surface area contributed by atoms with Crippen molar-refractivity contribution in [1.82, 2.24) is 0 Å². The summed E-state index contributed by atoms with van der Waals surface area (Å²) in [5, 5.41) is 0. The molecule has 0 bridgehead atoms. The van der Waals surface area contributed by atoms with Gasteiger partial charge in [0.2, 0.25) is 0 Å². The predicted molar refractivity (Wildman–Crippen MR) is 58.3 cm³/mol. The van der Waals surface area contributed by atoms with Crippen molar-refractivity contribution in [2.45, 2.75) is 27.2 Å². The molecule has 0 heterocycles. The maximum Gasteiger partial charge on any atom is 0.0217 e. The molecule has 2 nitrogen and oxygen atoms in total. The van der Waals surface area contributed by atoms with Crippen LogP contribution in [0.25, 0.3) is 0 Å². The first kappa shape index (κ1) is 11.4. The molecule has 0 spiro atoms. The molecule has 0 fully saturated rings. The number of hydrogen-bond acceptors (Lipinski definition) is 2. The monoisotopic (exact) mass is 211 g/mol. The lowest BCUT2D eigenvalue weighted by Crippen LogP contribution is -2.05. The zero-order chi connectivity index (χ0) is 10.8. The van der Waals surface area contributed by atoms with Gasteiger partial charge < -0.3 is 4.55 Å². The third-order valence-electron chi connectivity index (χ3n) is 2.13. The zero-order valence-corrected chi connectivity index (χ0v) is 9.56. The Morgan fingerprint density at radius 2 is 2.00 bits per heavy atom. The Labute approximate surface area is 87.7 Å². The molecule has 0 amide bonds. The van der Waals surface area contributed by atoms with E-state index in [1.165, 1.54) is 5.57 Å². The molecule has 0 saturated carbocycles. The van der Waals surface area contributed by atoms with E-state index in [1.807, 2.05) is 19.9 Å². The van der Waals surface area contributed by atoms with Crippen LogP contribution in [-0.2, 0) is 11.1 Å². The van der Waals surface area contributed by atoms with Gasteiger partial charge in [-0.3, -0.25) is 4.21 Å². The predicted octanol–water partition coefficient (Wildman–Crippen LogP) is 2.68. The van der Waals surface area contributed by atoms with E-state index < -0.39 is 11.1 Å². The van der Waals surface area contributed by atoms with Crippen LogP contribution >= 0.6 is 0 Å². The maximum atomic E-state index is 10.8. The van der Waals surface area contributed by atoms with Crippen molar-refractivity contribution in [2.75, 3.05) is 0 Å². The zero-order valence-electron chi connectivity index (χ0n) is 8.74. The summed E-state index contributed by atoms with van der Waals surface area (Å²) < 4.78 is 21.7. The van der Waals surface area contributed by atoms with Crippen LogP contribution in [-0.4, -0.2) is 8.76 Å². The third-order valence-corrected chi connectivity index (χ3v) is 2.77. The Morgan fingerprint density at radius 3 is 2.50 bits per heavy atom. The molecule has 1 rings (SSSR count). The minimum atomic E-state index is -2.14. The SMILES string of the molecule is CCC1=CC(C)(C)C=C(S(=O)[O-])C=C1. The number of rotatable bonds is 2. The normalized spacial score (nSPS) is 22.3. The maximum absolute atomic E-state index is 10.8. The van der Waals surface area contributed by atoms with Gasteiger partial charge in [0, 0.05) is 10.3 Å². The van der Waals surface area contributed by atoms with E-state index >= 15 is 0 Å². The average molecular weight is 211 g/mol. The van der Waals surface area contributed by atoms with Gasteiger partial charge >= 0.3 is 0 Å². The molecule has 1 atom stereocenters. The summed E-state index contributed by atoms with van der Waals surface area (Å²) in [6.07, 6.45) is 8.33. The standard InChI is InChI=1S/C11H16O2S/c1-4-9-5-6-10(14(12)13)8-11(2,3)7-9/h5-8H,4H2,1-3H3,(H,12,13)/p-1. The molecule has 1 aliphatic carbocycles. The van der Waals surface area contributed by atoms with E-state index in [0.717, 1.165) is 6.42 Å².